The summed E-state index contributed by atoms with van der Waals surface area (Å²) in [4.78, 5) is 12.8. The van der Waals surface area contributed by atoms with Crippen molar-refractivity contribution in [2.75, 3.05) is 45.9 Å². The number of fused-ring (bicyclic) bond motifs is 3. The van der Waals surface area contributed by atoms with E-state index < -0.39 is 0 Å². The van der Waals surface area contributed by atoms with Crippen LogP contribution in [0.3, 0.4) is 0 Å². The smallest absolute Gasteiger partial charge is 0.253 e. The van der Waals surface area contributed by atoms with E-state index in [-0.39, 0.29) is 11.7 Å². The Bertz CT molecular complexity index is 931. The Hall–Kier alpha value is -2.51. The van der Waals surface area contributed by atoms with Gasteiger partial charge in [0.25, 0.3) is 5.56 Å². The van der Waals surface area contributed by atoms with Gasteiger partial charge in [0.15, 0.2) is 11.5 Å². The van der Waals surface area contributed by atoms with Gasteiger partial charge in [-0.25, -0.2) is 0 Å². The lowest BCUT2D eigenvalue weighted by atomic mass is 9.93. The minimum absolute atomic E-state index is 0.00986. The average molecular weight is 386 g/mol. The number of anilines is 1. The molecule has 0 saturated carbocycles. The number of nitrogens with zero attached hydrogens (tertiary/aromatic N) is 1. The first-order valence-corrected chi connectivity index (χ1v) is 9.55. The predicted molar refractivity (Wildman–Crippen MR) is 107 cm³/mol. The molecule has 1 N–H and O–H groups in total. The highest BCUT2D eigenvalue weighted by atomic mass is 16.6. The van der Waals surface area contributed by atoms with Crippen molar-refractivity contribution in [3.8, 4) is 22.8 Å². The maximum Gasteiger partial charge on any atom is 0.253 e. The number of pyridine rings is 1. The SMILES string of the molecule is COc1cc2c(cc1OC)-c1c(C)c(NCC3COCCO3)cc(=O)n1CC2. The summed E-state index contributed by atoms with van der Waals surface area (Å²) in [6.07, 6.45) is 0.769. The van der Waals surface area contributed by atoms with Gasteiger partial charge >= 0.3 is 0 Å². The van der Waals surface area contributed by atoms with E-state index in [1.165, 1.54) is 0 Å². The minimum Gasteiger partial charge on any atom is -0.493 e. The van der Waals surface area contributed by atoms with Crippen LogP contribution in [0.5, 0.6) is 11.5 Å². The third kappa shape index (κ3) is 3.36. The zero-order valence-corrected chi connectivity index (χ0v) is 16.5. The molecule has 1 aromatic heterocycles. The second kappa shape index (κ2) is 7.85. The highest BCUT2D eigenvalue weighted by Crippen LogP contribution is 2.40. The van der Waals surface area contributed by atoms with Crippen molar-refractivity contribution < 1.29 is 18.9 Å². The van der Waals surface area contributed by atoms with Crippen LogP contribution in [-0.4, -0.2) is 51.3 Å². The second-order valence-electron chi connectivity index (χ2n) is 7.08. The van der Waals surface area contributed by atoms with Gasteiger partial charge in [-0.2, -0.15) is 0 Å². The summed E-state index contributed by atoms with van der Waals surface area (Å²) < 4.78 is 23.9. The van der Waals surface area contributed by atoms with Crippen LogP contribution in [0.15, 0.2) is 23.0 Å². The summed E-state index contributed by atoms with van der Waals surface area (Å²) in [6.45, 7) is 5.10. The van der Waals surface area contributed by atoms with E-state index in [2.05, 4.69) is 5.32 Å². The monoisotopic (exact) mass is 386 g/mol. The average Bonchev–Trinajstić information content (AvgIpc) is 2.74. The third-order valence-corrected chi connectivity index (χ3v) is 5.44. The molecule has 0 bridgehead atoms. The van der Waals surface area contributed by atoms with E-state index in [1.54, 1.807) is 20.3 Å². The van der Waals surface area contributed by atoms with Crippen molar-refractivity contribution in [1.29, 1.82) is 0 Å². The number of ether oxygens (including phenoxy) is 4. The minimum atomic E-state index is -0.0106. The summed E-state index contributed by atoms with van der Waals surface area (Å²) in [5, 5.41) is 3.38. The van der Waals surface area contributed by atoms with Crippen molar-refractivity contribution in [2.24, 2.45) is 0 Å². The van der Waals surface area contributed by atoms with Gasteiger partial charge in [-0.05, 0) is 36.6 Å². The molecule has 7 nitrogen and oxygen atoms in total. The van der Waals surface area contributed by atoms with Crippen LogP contribution in [-0.2, 0) is 22.4 Å². The molecule has 1 saturated heterocycles. The topological polar surface area (TPSA) is 71.0 Å². The predicted octanol–water partition coefficient (Wildman–Crippen LogP) is 2.22. The fourth-order valence-electron chi connectivity index (χ4n) is 3.96. The van der Waals surface area contributed by atoms with Crippen molar-refractivity contribution >= 4 is 5.69 Å². The molecule has 2 aromatic rings. The van der Waals surface area contributed by atoms with E-state index in [9.17, 15) is 4.79 Å². The Kier molecular flexibility index (Phi) is 5.28. The molecule has 1 atom stereocenters. The number of methoxy groups -OCH3 is 2. The summed E-state index contributed by atoms with van der Waals surface area (Å²) >= 11 is 0. The Morgan fingerprint density at radius 3 is 2.68 bits per heavy atom. The van der Waals surface area contributed by atoms with Crippen molar-refractivity contribution in [3.63, 3.8) is 0 Å². The molecule has 2 aliphatic heterocycles. The third-order valence-electron chi connectivity index (χ3n) is 5.44. The molecule has 1 fully saturated rings. The maximum atomic E-state index is 12.8. The molecule has 0 aliphatic carbocycles. The number of aryl methyl sites for hydroxylation is 1. The van der Waals surface area contributed by atoms with Crippen molar-refractivity contribution in [1.82, 2.24) is 4.57 Å². The molecule has 28 heavy (non-hydrogen) atoms. The lowest BCUT2D eigenvalue weighted by Crippen LogP contribution is -2.35. The summed E-state index contributed by atoms with van der Waals surface area (Å²) in [5.41, 5.74) is 4.95. The molecule has 2 aliphatic rings. The summed E-state index contributed by atoms with van der Waals surface area (Å²) in [5.74, 6) is 1.37. The molecule has 7 heteroatoms. The Morgan fingerprint density at radius 2 is 1.96 bits per heavy atom. The molecule has 0 amide bonds. The number of aromatic nitrogens is 1. The zero-order valence-electron chi connectivity index (χ0n) is 16.5. The van der Waals surface area contributed by atoms with Crippen LogP contribution in [0.4, 0.5) is 5.69 Å². The fourth-order valence-corrected chi connectivity index (χ4v) is 3.96. The van der Waals surface area contributed by atoms with Crippen LogP contribution >= 0.6 is 0 Å². The maximum absolute atomic E-state index is 12.8. The van der Waals surface area contributed by atoms with Gasteiger partial charge in [0.1, 0.15) is 0 Å². The van der Waals surface area contributed by atoms with Crippen LogP contribution < -0.4 is 20.3 Å². The van der Waals surface area contributed by atoms with Gasteiger partial charge in [0.05, 0.1) is 45.8 Å². The van der Waals surface area contributed by atoms with Crippen molar-refractivity contribution in [3.05, 3.63) is 39.7 Å². The van der Waals surface area contributed by atoms with E-state index >= 15 is 0 Å². The molecule has 3 heterocycles. The molecule has 4 rings (SSSR count). The number of rotatable bonds is 5. The lowest BCUT2D eigenvalue weighted by Gasteiger charge is -2.27. The Morgan fingerprint density at radius 1 is 1.18 bits per heavy atom. The van der Waals surface area contributed by atoms with Gasteiger partial charge in [0.2, 0.25) is 0 Å². The van der Waals surface area contributed by atoms with E-state index in [0.717, 1.165) is 34.5 Å². The largest absolute Gasteiger partial charge is 0.493 e. The molecule has 0 radical (unpaired) electrons. The Balaban J connectivity index is 1.73. The molecule has 1 unspecified atom stereocenters. The van der Waals surface area contributed by atoms with Crippen LogP contribution in [0.2, 0.25) is 0 Å². The van der Waals surface area contributed by atoms with Gasteiger partial charge in [-0.3, -0.25) is 4.79 Å². The second-order valence-corrected chi connectivity index (χ2v) is 7.08. The Labute approximate surface area is 164 Å². The zero-order chi connectivity index (χ0) is 19.7. The molecule has 0 spiro atoms. The normalized spacial score (nSPS) is 18.2. The first-order valence-electron chi connectivity index (χ1n) is 9.55. The lowest BCUT2D eigenvalue weighted by molar-refractivity contribution is -0.0818. The molecular formula is C21H26N2O5. The van der Waals surface area contributed by atoms with Gasteiger partial charge in [-0.1, -0.05) is 0 Å². The summed E-state index contributed by atoms with van der Waals surface area (Å²) in [6, 6.07) is 5.65. The quantitative estimate of drug-likeness (QED) is 0.850. The highest BCUT2D eigenvalue weighted by molar-refractivity contribution is 5.76. The van der Waals surface area contributed by atoms with Crippen LogP contribution in [0.1, 0.15) is 11.1 Å². The van der Waals surface area contributed by atoms with E-state index in [0.29, 0.717) is 44.4 Å². The first kappa shape index (κ1) is 18.8. The fraction of sp³-hybridized carbons (Fsp3) is 0.476. The number of benzene rings is 1. The summed E-state index contributed by atoms with van der Waals surface area (Å²) in [7, 11) is 3.26. The van der Waals surface area contributed by atoms with Gasteiger partial charge in [0, 0.05) is 30.4 Å². The first-order chi connectivity index (χ1) is 13.6. The van der Waals surface area contributed by atoms with Crippen LogP contribution in [0.25, 0.3) is 11.3 Å². The number of hydrogen-bond acceptors (Lipinski definition) is 6. The number of nitrogens with one attached hydrogen (secondary N) is 1. The highest BCUT2D eigenvalue weighted by Gasteiger charge is 2.24. The van der Waals surface area contributed by atoms with E-state index in [1.807, 2.05) is 23.6 Å². The van der Waals surface area contributed by atoms with Gasteiger partial charge in [-0.15, -0.1) is 0 Å². The van der Waals surface area contributed by atoms with Crippen LogP contribution in [0, 0.1) is 6.92 Å². The van der Waals surface area contributed by atoms with Crippen molar-refractivity contribution in [2.45, 2.75) is 26.0 Å². The molecular weight excluding hydrogens is 360 g/mol. The number of hydrogen-bond donors (Lipinski definition) is 1. The van der Waals surface area contributed by atoms with E-state index in [4.69, 9.17) is 18.9 Å². The van der Waals surface area contributed by atoms with Gasteiger partial charge < -0.3 is 28.8 Å². The standard InChI is InChI=1S/C21H26N2O5/c1-13-17(22-11-15-12-27-6-7-28-15)10-20(24)23-5-4-14-8-18(25-2)19(26-3)9-16(14)21(13)23/h8-10,15,22H,4-7,11-12H2,1-3H3. The molecule has 150 valence electrons. The molecule has 1 aromatic carbocycles.